The molecule has 2 aromatic carbocycles. The fourth-order valence-corrected chi connectivity index (χ4v) is 3.71. The molecule has 1 amide bonds. The van der Waals surface area contributed by atoms with Gasteiger partial charge >= 0.3 is 0 Å². The van der Waals surface area contributed by atoms with Crippen LogP contribution in [0.5, 0.6) is 0 Å². The fraction of sp³-hybridized carbons (Fsp3) is 0.286. The molecular weight excluding hydrogens is 315 g/mol. The van der Waals surface area contributed by atoms with Crippen molar-refractivity contribution in [3.63, 3.8) is 0 Å². The van der Waals surface area contributed by atoms with Crippen LogP contribution in [-0.2, 0) is 19.4 Å². The third-order valence-electron chi connectivity index (χ3n) is 5.06. The number of H-pyrrole nitrogens is 1. The van der Waals surface area contributed by atoms with Crippen LogP contribution in [0.3, 0.4) is 0 Å². The molecule has 25 heavy (non-hydrogen) atoms. The molecule has 0 atom stereocenters. The lowest BCUT2D eigenvalue weighted by atomic mass is 9.95. The van der Waals surface area contributed by atoms with E-state index in [-0.39, 0.29) is 18.3 Å². The molecule has 4 heteroatoms. The van der Waals surface area contributed by atoms with Gasteiger partial charge in [0.1, 0.15) is 5.82 Å². The van der Waals surface area contributed by atoms with Crippen LogP contribution in [0.15, 0.2) is 42.5 Å². The van der Waals surface area contributed by atoms with Crippen molar-refractivity contribution < 1.29 is 9.18 Å². The minimum Gasteiger partial charge on any atom is -0.358 e. The number of aryl methyl sites for hydroxylation is 2. The zero-order valence-corrected chi connectivity index (χ0v) is 14.3. The first-order chi connectivity index (χ1) is 12.1. The van der Waals surface area contributed by atoms with E-state index in [4.69, 9.17) is 0 Å². The maximum Gasteiger partial charge on any atom is 0.253 e. The van der Waals surface area contributed by atoms with Gasteiger partial charge in [-0.05, 0) is 55.5 Å². The number of aromatic nitrogens is 1. The molecule has 1 aromatic heterocycles. The molecule has 0 radical (unpaired) electrons. The maximum absolute atomic E-state index is 13.8. The van der Waals surface area contributed by atoms with Crippen molar-refractivity contribution in [2.75, 3.05) is 7.05 Å². The summed E-state index contributed by atoms with van der Waals surface area (Å²) < 4.78 is 13.8. The van der Waals surface area contributed by atoms with E-state index in [1.54, 1.807) is 30.1 Å². The topological polar surface area (TPSA) is 36.1 Å². The summed E-state index contributed by atoms with van der Waals surface area (Å²) in [5, 5.41) is 1.15. The second-order valence-corrected chi connectivity index (χ2v) is 6.80. The van der Waals surface area contributed by atoms with Gasteiger partial charge in [-0.1, -0.05) is 18.2 Å². The molecule has 0 aliphatic heterocycles. The standard InChI is InChI=1S/C21H21FN2O/c1-24(13-15-6-2-4-8-18(15)22)21(25)14-10-11-20-17(12-14)16-7-3-5-9-19(16)23-20/h2,4,6,8,10-12,23H,3,5,7,9,13H2,1H3. The molecule has 0 saturated carbocycles. The number of benzene rings is 2. The first-order valence-electron chi connectivity index (χ1n) is 8.76. The van der Waals surface area contributed by atoms with Crippen LogP contribution in [0.4, 0.5) is 4.39 Å². The van der Waals surface area contributed by atoms with Gasteiger partial charge in [0.05, 0.1) is 0 Å². The summed E-state index contributed by atoms with van der Waals surface area (Å²) in [5.41, 5.74) is 4.94. The summed E-state index contributed by atoms with van der Waals surface area (Å²) in [6, 6.07) is 12.4. The minimum atomic E-state index is -0.280. The predicted molar refractivity (Wildman–Crippen MR) is 97.1 cm³/mol. The van der Waals surface area contributed by atoms with Gasteiger partial charge in [0.25, 0.3) is 5.91 Å². The van der Waals surface area contributed by atoms with Crippen molar-refractivity contribution in [1.82, 2.24) is 9.88 Å². The Morgan fingerprint density at radius 3 is 2.80 bits per heavy atom. The van der Waals surface area contributed by atoms with Crippen LogP contribution < -0.4 is 0 Å². The highest BCUT2D eigenvalue weighted by Crippen LogP contribution is 2.30. The van der Waals surface area contributed by atoms with Crippen molar-refractivity contribution >= 4 is 16.8 Å². The molecule has 128 valence electrons. The summed E-state index contributed by atoms with van der Waals surface area (Å²) in [6.07, 6.45) is 4.57. The number of halogens is 1. The number of carbonyl (C=O) groups excluding carboxylic acids is 1. The third-order valence-corrected chi connectivity index (χ3v) is 5.06. The van der Waals surface area contributed by atoms with Crippen LogP contribution in [0.2, 0.25) is 0 Å². The molecule has 4 rings (SSSR count). The van der Waals surface area contributed by atoms with E-state index < -0.39 is 0 Å². The molecule has 0 unspecified atom stereocenters. The van der Waals surface area contributed by atoms with Crippen LogP contribution in [0, 0.1) is 5.82 Å². The van der Waals surface area contributed by atoms with Crippen LogP contribution in [0.1, 0.15) is 40.0 Å². The van der Waals surface area contributed by atoms with Crippen molar-refractivity contribution in [3.05, 3.63) is 70.7 Å². The smallest absolute Gasteiger partial charge is 0.253 e. The third kappa shape index (κ3) is 2.93. The quantitative estimate of drug-likeness (QED) is 0.753. The van der Waals surface area contributed by atoms with Gasteiger partial charge in [-0.15, -0.1) is 0 Å². The highest BCUT2D eigenvalue weighted by Gasteiger charge is 2.18. The number of hydrogen-bond donors (Lipinski definition) is 1. The van der Waals surface area contributed by atoms with Gasteiger partial charge in [-0.25, -0.2) is 4.39 Å². The van der Waals surface area contributed by atoms with E-state index in [1.165, 1.54) is 30.2 Å². The zero-order chi connectivity index (χ0) is 17.4. The van der Waals surface area contributed by atoms with Crippen molar-refractivity contribution in [2.24, 2.45) is 0 Å². The molecule has 0 spiro atoms. The van der Waals surface area contributed by atoms with Gasteiger partial charge in [0, 0.05) is 41.3 Å². The summed E-state index contributed by atoms with van der Waals surface area (Å²) in [4.78, 5) is 17.8. The second-order valence-electron chi connectivity index (χ2n) is 6.80. The summed E-state index contributed by atoms with van der Waals surface area (Å²) in [7, 11) is 1.71. The Labute approximate surface area is 146 Å². The first kappa shape index (κ1) is 15.9. The average molecular weight is 336 g/mol. The largest absolute Gasteiger partial charge is 0.358 e. The highest BCUT2D eigenvalue weighted by molar-refractivity contribution is 5.99. The number of hydrogen-bond acceptors (Lipinski definition) is 1. The molecule has 1 heterocycles. The van der Waals surface area contributed by atoms with E-state index in [2.05, 4.69) is 4.98 Å². The van der Waals surface area contributed by atoms with Crippen molar-refractivity contribution in [1.29, 1.82) is 0 Å². The normalized spacial score (nSPS) is 13.7. The Kier molecular flexibility index (Phi) is 4.04. The minimum absolute atomic E-state index is 0.0871. The van der Waals surface area contributed by atoms with E-state index >= 15 is 0 Å². The first-order valence-corrected chi connectivity index (χ1v) is 8.76. The van der Waals surface area contributed by atoms with Gasteiger partial charge in [-0.2, -0.15) is 0 Å². The van der Waals surface area contributed by atoms with E-state index in [0.29, 0.717) is 11.1 Å². The molecular formula is C21H21FN2O. The monoisotopic (exact) mass is 336 g/mol. The fourth-order valence-electron chi connectivity index (χ4n) is 3.71. The van der Waals surface area contributed by atoms with Gasteiger partial charge in [0.15, 0.2) is 0 Å². The average Bonchev–Trinajstić information content (AvgIpc) is 3.01. The van der Waals surface area contributed by atoms with Crippen LogP contribution >= 0.6 is 0 Å². The Balaban J connectivity index is 1.62. The molecule has 1 aliphatic rings. The predicted octanol–water partition coefficient (Wildman–Crippen LogP) is 4.46. The molecule has 0 fully saturated rings. The van der Waals surface area contributed by atoms with Gasteiger partial charge in [0.2, 0.25) is 0 Å². The lowest BCUT2D eigenvalue weighted by Crippen LogP contribution is -2.26. The Bertz CT molecular complexity index is 944. The van der Waals surface area contributed by atoms with E-state index in [1.807, 2.05) is 18.2 Å². The number of nitrogens with zero attached hydrogens (tertiary/aromatic N) is 1. The summed E-state index contributed by atoms with van der Waals surface area (Å²) >= 11 is 0. The van der Waals surface area contributed by atoms with Crippen molar-refractivity contribution in [2.45, 2.75) is 32.2 Å². The number of rotatable bonds is 3. The Morgan fingerprint density at radius 1 is 1.16 bits per heavy atom. The maximum atomic E-state index is 13.8. The molecule has 1 N–H and O–H groups in total. The van der Waals surface area contributed by atoms with E-state index in [0.717, 1.165) is 23.7 Å². The summed E-state index contributed by atoms with van der Waals surface area (Å²) in [5.74, 6) is -0.367. The second kappa shape index (κ2) is 6.36. The molecule has 1 aliphatic carbocycles. The SMILES string of the molecule is CN(Cc1ccccc1F)C(=O)c1ccc2[nH]c3c(c2c1)CCCC3. The number of fused-ring (bicyclic) bond motifs is 3. The number of amides is 1. The lowest BCUT2D eigenvalue weighted by Gasteiger charge is -2.18. The lowest BCUT2D eigenvalue weighted by molar-refractivity contribution is 0.0784. The van der Waals surface area contributed by atoms with Gasteiger partial charge in [-0.3, -0.25) is 4.79 Å². The Hall–Kier alpha value is -2.62. The van der Waals surface area contributed by atoms with E-state index in [9.17, 15) is 9.18 Å². The Morgan fingerprint density at radius 2 is 1.96 bits per heavy atom. The van der Waals surface area contributed by atoms with Crippen molar-refractivity contribution in [3.8, 4) is 0 Å². The molecule has 3 nitrogen and oxygen atoms in total. The van der Waals surface area contributed by atoms with Gasteiger partial charge < -0.3 is 9.88 Å². The number of nitrogens with one attached hydrogen (secondary N) is 1. The summed E-state index contributed by atoms with van der Waals surface area (Å²) in [6.45, 7) is 0.259. The zero-order valence-electron chi connectivity index (χ0n) is 14.3. The molecule has 0 saturated heterocycles. The molecule has 0 bridgehead atoms. The van der Waals surface area contributed by atoms with Crippen LogP contribution in [0.25, 0.3) is 10.9 Å². The highest BCUT2D eigenvalue weighted by atomic mass is 19.1. The number of aromatic amines is 1. The van der Waals surface area contributed by atoms with Crippen LogP contribution in [-0.4, -0.2) is 22.8 Å². The molecule has 3 aromatic rings. The number of carbonyl (C=O) groups is 1.